The van der Waals surface area contributed by atoms with Gasteiger partial charge in [0, 0.05) is 30.7 Å². The van der Waals surface area contributed by atoms with Crippen LogP contribution in [0.15, 0.2) is 48.5 Å². The van der Waals surface area contributed by atoms with Crippen LogP contribution in [0.5, 0.6) is 0 Å². The van der Waals surface area contributed by atoms with E-state index >= 15 is 0 Å². The molecule has 1 amide bonds. The van der Waals surface area contributed by atoms with Crippen LogP contribution >= 0.6 is 11.6 Å². The van der Waals surface area contributed by atoms with E-state index in [0.717, 1.165) is 5.56 Å². The number of hydrogen-bond donors (Lipinski definition) is 1. The summed E-state index contributed by atoms with van der Waals surface area (Å²) >= 11 is 6.14. The van der Waals surface area contributed by atoms with Gasteiger partial charge in [0.15, 0.2) is 0 Å². The van der Waals surface area contributed by atoms with Crippen LogP contribution in [-0.4, -0.2) is 19.6 Å². The van der Waals surface area contributed by atoms with Crippen LogP contribution in [-0.2, 0) is 16.0 Å². The fourth-order valence-corrected chi connectivity index (χ4v) is 2.56. The van der Waals surface area contributed by atoms with E-state index in [0.29, 0.717) is 23.6 Å². The molecule has 0 saturated carbocycles. The molecule has 0 aliphatic rings. The van der Waals surface area contributed by atoms with Crippen LogP contribution in [0.2, 0.25) is 5.02 Å². The van der Waals surface area contributed by atoms with Gasteiger partial charge in [0.1, 0.15) is 11.9 Å². The Morgan fingerprint density at radius 2 is 1.91 bits per heavy atom. The van der Waals surface area contributed by atoms with Crippen molar-refractivity contribution >= 4 is 17.5 Å². The third-order valence-corrected chi connectivity index (χ3v) is 3.94. The van der Waals surface area contributed by atoms with E-state index in [9.17, 15) is 9.18 Å². The number of methoxy groups -OCH3 is 1. The summed E-state index contributed by atoms with van der Waals surface area (Å²) in [5.74, 6) is -0.437. The molecule has 0 aliphatic carbocycles. The predicted molar refractivity (Wildman–Crippen MR) is 88.9 cm³/mol. The van der Waals surface area contributed by atoms with Crippen LogP contribution in [0.25, 0.3) is 0 Å². The Kier molecular flexibility index (Phi) is 6.56. The molecule has 122 valence electrons. The minimum absolute atomic E-state index is 0.151. The lowest BCUT2D eigenvalue weighted by Gasteiger charge is -2.17. The number of amides is 1. The van der Waals surface area contributed by atoms with Crippen molar-refractivity contribution in [3.05, 3.63) is 70.5 Å². The van der Waals surface area contributed by atoms with Crippen molar-refractivity contribution in [2.75, 3.05) is 13.7 Å². The quantitative estimate of drug-likeness (QED) is 0.833. The first-order valence-corrected chi connectivity index (χ1v) is 7.77. The van der Waals surface area contributed by atoms with E-state index in [1.165, 1.54) is 6.07 Å². The van der Waals surface area contributed by atoms with E-state index in [1.807, 2.05) is 18.2 Å². The van der Waals surface area contributed by atoms with Gasteiger partial charge in [0.25, 0.3) is 0 Å². The van der Waals surface area contributed by atoms with Crippen LogP contribution in [0.1, 0.15) is 23.7 Å². The first-order valence-electron chi connectivity index (χ1n) is 7.39. The molecule has 2 rings (SSSR count). The van der Waals surface area contributed by atoms with Crippen molar-refractivity contribution in [3.8, 4) is 0 Å². The number of nitrogens with one attached hydrogen (secondary N) is 1. The second-order valence-corrected chi connectivity index (χ2v) is 5.55. The summed E-state index contributed by atoms with van der Waals surface area (Å²) in [5, 5.41) is 3.40. The molecule has 1 atom stereocenters. The number of aryl methyl sites for hydroxylation is 1. The average molecular weight is 336 g/mol. The van der Waals surface area contributed by atoms with Crippen molar-refractivity contribution in [2.24, 2.45) is 0 Å². The Morgan fingerprint density at radius 1 is 1.22 bits per heavy atom. The number of rotatable bonds is 7. The Morgan fingerprint density at radius 3 is 2.61 bits per heavy atom. The first-order chi connectivity index (χ1) is 11.1. The van der Waals surface area contributed by atoms with Crippen molar-refractivity contribution < 1.29 is 13.9 Å². The highest BCUT2D eigenvalue weighted by atomic mass is 35.5. The fourth-order valence-electron chi connectivity index (χ4n) is 2.30. The van der Waals surface area contributed by atoms with Gasteiger partial charge >= 0.3 is 0 Å². The van der Waals surface area contributed by atoms with Gasteiger partial charge in [-0.05, 0) is 24.1 Å². The zero-order valence-electron chi connectivity index (χ0n) is 12.9. The molecule has 5 heteroatoms. The number of carbonyl (C=O) groups is 1. The van der Waals surface area contributed by atoms with Gasteiger partial charge in [-0.25, -0.2) is 4.39 Å². The lowest BCUT2D eigenvalue weighted by Crippen LogP contribution is -2.29. The molecule has 2 aromatic carbocycles. The highest BCUT2D eigenvalue weighted by molar-refractivity contribution is 6.31. The molecule has 0 fully saturated rings. The smallest absolute Gasteiger partial charge is 0.220 e. The van der Waals surface area contributed by atoms with Gasteiger partial charge in [-0.2, -0.15) is 0 Å². The fraction of sp³-hybridized carbons (Fsp3) is 0.278. The zero-order chi connectivity index (χ0) is 16.7. The molecule has 3 nitrogen and oxygen atoms in total. The maximum absolute atomic E-state index is 13.5. The summed E-state index contributed by atoms with van der Waals surface area (Å²) in [4.78, 5) is 11.9. The Balaban J connectivity index is 1.86. The Labute approximate surface area is 140 Å². The molecule has 0 radical (unpaired) electrons. The van der Waals surface area contributed by atoms with Crippen LogP contribution in [0.4, 0.5) is 4.39 Å². The summed E-state index contributed by atoms with van der Waals surface area (Å²) in [5.41, 5.74) is 1.36. The van der Waals surface area contributed by atoms with Crippen molar-refractivity contribution in [1.82, 2.24) is 5.32 Å². The van der Waals surface area contributed by atoms with Gasteiger partial charge in [-0.3, -0.25) is 4.79 Å². The summed E-state index contributed by atoms with van der Waals surface area (Å²) in [7, 11) is 1.57. The van der Waals surface area contributed by atoms with Crippen LogP contribution < -0.4 is 5.32 Å². The van der Waals surface area contributed by atoms with E-state index in [4.69, 9.17) is 16.3 Å². The minimum Gasteiger partial charge on any atom is -0.375 e. The molecular formula is C18H19ClFNO2. The molecule has 0 aliphatic heterocycles. The highest BCUT2D eigenvalue weighted by Crippen LogP contribution is 2.24. The maximum Gasteiger partial charge on any atom is 0.220 e. The van der Waals surface area contributed by atoms with Crippen LogP contribution in [0, 0.1) is 5.82 Å². The summed E-state index contributed by atoms with van der Waals surface area (Å²) in [6.45, 7) is 0.316. The monoisotopic (exact) mass is 335 g/mol. The van der Waals surface area contributed by atoms with Gasteiger partial charge in [0.2, 0.25) is 5.91 Å². The largest absolute Gasteiger partial charge is 0.375 e. The number of benzene rings is 2. The number of ether oxygens (including phenoxy) is 1. The van der Waals surface area contributed by atoms with Crippen molar-refractivity contribution in [1.29, 1.82) is 0 Å². The van der Waals surface area contributed by atoms with E-state index in [-0.39, 0.29) is 24.2 Å². The SMILES string of the molecule is CO[C@H](CNC(=O)CCc1ccccc1F)c1ccccc1Cl. The molecule has 0 heterocycles. The molecule has 0 spiro atoms. The molecule has 0 unspecified atom stereocenters. The van der Waals surface area contributed by atoms with Crippen molar-refractivity contribution in [3.63, 3.8) is 0 Å². The van der Waals surface area contributed by atoms with Gasteiger partial charge in [0.05, 0.1) is 0 Å². The molecule has 0 saturated heterocycles. The van der Waals surface area contributed by atoms with Gasteiger partial charge in [-0.1, -0.05) is 48.0 Å². The number of hydrogen-bond acceptors (Lipinski definition) is 2. The topological polar surface area (TPSA) is 38.3 Å². The van der Waals surface area contributed by atoms with E-state index < -0.39 is 0 Å². The Hall–Kier alpha value is -1.91. The van der Waals surface area contributed by atoms with E-state index in [1.54, 1.807) is 31.4 Å². The minimum atomic E-state index is -0.318. The molecule has 0 aromatic heterocycles. The van der Waals surface area contributed by atoms with E-state index in [2.05, 4.69) is 5.32 Å². The zero-order valence-corrected chi connectivity index (χ0v) is 13.6. The lowest BCUT2D eigenvalue weighted by atomic mass is 10.1. The third-order valence-electron chi connectivity index (χ3n) is 3.60. The van der Waals surface area contributed by atoms with Gasteiger partial charge < -0.3 is 10.1 Å². The lowest BCUT2D eigenvalue weighted by molar-refractivity contribution is -0.121. The molecule has 2 aromatic rings. The van der Waals surface area contributed by atoms with Gasteiger partial charge in [-0.15, -0.1) is 0 Å². The molecule has 1 N–H and O–H groups in total. The average Bonchev–Trinajstić information content (AvgIpc) is 2.56. The van der Waals surface area contributed by atoms with Crippen LogP contribution in [0.3, 0.4) is 0 Å². The predicted octanol–water partition coefficient (Wildman–Crippen LogP) is 3.92. The molecule has 23 heavy (non-hydrogen) atoms. The first kappa shape index (κ1) is 17.4. The highest BCUT2D eigenvalue weighted by Gasteiger charge is 2.15. The number of carbonyl (C=O) groups excluding carboxylic acids is 1. The normalized spacial score (nSPS) is 12.0. The second-order valence-electron chi connectivity index (χ2n) is 5.14. The summed E-state index contributed by atoms with van der Waals surface area (Å²) < 4.78 is 18.9. The Bertz CT molecular complexity index is 663. The molecular weight excluding hydrogens is 317 g/mol. The summed E-state index contributed by atoms with van der Waals surface area (Å²) in [6, 6.07) is 13.8. The third kappa shape index (κ3) is 5.05. The molecule has 0 bridgehead atoms. The summed E-state index contributed by atoms with van der Waals surface area (Å²) in [6.07, 6.45) is 0.267. The standard InChI is InChI=1S/C18H19ClFNO2/c1-23-17(14-7-3-4-8-15(14)19)12-21-18(22)11-10-13-6-2-5-9-16(13)20/h2-9,17H,10-12H2,1H3,(H,21,22)/t17-/m1/s1. The second kappa shape index (κ2) is 8.65. The van der Waals surface area contributed by atoms with Crippen molar-refractivity contribution in [2.45, 2.75) is 18.9 Å². The maximum atomic E-state index is 13.5. The number of halogens is 2.